The van der Waals surface area contributed by atoms with E-state index in [1.807, 2.05) is 61.9 Å². The molecule has 0 N–H and O–H groups in total. The molecule has 6 nitrogen and oxygen atoms in total. The molecule has 0 unspecified atom stereocenters. The minimum absolute atomic E-state index is 0.0882. The molecule has 6 rings (SSSR count). The van der Waals surface area contributed by atoms with Gasteiger partial charge in [-0.2, -0.15) is 0 Å². The monoisotopic (exact) mass is 447 g/mol. The first-order valence-electron chi connectivity index (χ1n) is 10.4. The average Bonchev–Trinajstić information content (AvgIpc) is 3.17. The van der Waals surface area contributed by atoms with Crippen LogP contribution in [0.2, 0.25) is 0 Å². The normalized spacial score (nSPS) is 21.1. The Bertz CT molecular complexity index is 1540. The van der Waals surface area contributed by atoms with Gasteiger partial charge in [-0.1, -0.05) is 24.3 Å². The lowest BCUT2D eigenvalue weighted by molar-refractivity contribution is -0.0479. The Kier molecular flexibility index (Phi) is 3.85. The molecule has 162 valence electrons. The largest absolute Gasteiger partial charge is 0.496 e. The van der Waals surface area contributed by atoms with Gasteiger partial charge in [-0.25, -0.2) is 0 Å². The van der Waals surface area contributed by atoms with Crippen LogP contribution >= 0.6 is 12.2 Å². The number of fused-ring (bicyclic) bond motifs is 7. The molecule has 0 spiro atoms. The quantitative estimate of drug-likeness (QED) is 0.310. The molecule has 1 fully saturated rings. The molecule has 2 atom stereocenters. The summed E-state index contributed by atoms with van der Waals surface area (Å²) in [5.74, 6) is 1.06. The molecule has 3 heterocycles. The Labute approximate surface area is 189 Å². The zero-order valence-electron chi connectivity index (χ0n) is 18.1. The van der Waals surface area contributed by atoms with Crippen LogP contribution < -0.4 is 14.9 Å². The SMILES string of the molecule is COc1cc2c(c3c1c(=O)c1cc4ccccc4cc1n3C)[C@@H]1OC(=S)O[C@@H]1C(C)(C)O2. The fourth-order valence-corrected chi connectivity index (χ4v) is 5.29. The van der Waals surface area contributed by atoms with Crippen LogP contribution in [0.5, 0.6) is 11.5 Å². The smallest absolute Gasteiger partial charge is 0.353 e. The molecule has 3 aromatic carbocycles. The molecule has 0 radical (unpaired) electrons. The molecular weight excluding hydrogens is 426 g/mol. The fourth-order valence-electron chi connectivity index (χ4n) is 5.08. The van der Waals surface area contributed by atoms with Gasteiger partial charge in [-0.3, -0.25) is 4.79 Å². The van der Waals surface area contributed by atoms with E-state index in [1.54, 1.807) is 13.2 Å². The van der Waals surface area contributed by atoms with Crippen molar-refractivity contribution in [3.63, 3.8) is 0 Å². The number of thiocarbonyl (C=S) groups is 1. The lowest BCUT2D eigenvalue weighted by Gasteiger charge is -2.39. The van der Waals surface area contributed by atoms with Gasteiger partial charge in [0, 0.05) is 30.7 Å². The zero-order valence-corrected chi connectivity index (χ0v) is 18.9. The molecule has 1 aromatic heterocycles. The Hall–Kier alpha value is -3.32. The Morgan fingerprint density at radius 3 is 2.53 bits per heavy atom. The number of ether oxygens (including phenoxy) is 4. The molecule has 0 saturated carbocycles. The Balaban J connectivity index is 1.81. The third kappa shape index (κ3) is 2.45. The average molecular weight is 448 g/mol. The molecule has 7 heteroatoms. The topological polar surface area (TPSA) is 58.9 Å². The van der Waals surface area contributed by atoms with Crippen LogP contribution in [0.4, 0.5) is 0 Å². The maximum absolute atomic E-state index is 13.8. The van der Waals surface area contributed by atoms with Crippen LogP contribution in [-0.2, 0) is 16.5 Å². The summed E-state index contributed by atoms with van der Waals surface area (Å²) in [4.78, 5) is 13.8. The lowest BCUT2D eigenvalue weighted by Crippen LogP contribution is -2.48. The molecular formula is C25H21NO5S. The molecule has 2 aliphatic rings. The summed E-state index contributed by atoms with van der Waals surface area (Å²) >= 11 is 5.23. The molecule has 0 amide bonds. The summed E-state index contributed by atoms with van der Waals surface area (Å²) < 4.78 is 25.8. The summed E-state index contributed by atoms with van der Waals surface area (Å²) in [6.07, 6.45) is -0.917. The van der Waals surface area contributed by atoms with Gasteiger partial charge in [0.15, 0.2) is 12.2 Å². The molecule has 1 saturated heterocycles. The molecule has 0 aliphatic carbocycles. The highest BCUT2D eigenvalue weighted by Crippen LogP contribution is 2.51. The first kappa shape index (κ1) is 19.4. The van der Waals surface area contributed by atoms with Crippen LogP contribution in [-0.4, -0.2) is 28.6 Å². The lowest BCUT2D eigenvalue weighted by atomic mass is 9.86. The number of methoxy groups -OCH3 is 1. The highest BCUT2D eigenvalue weighted by atomic mass is 32.1. The maximum atomic E-state index is 13.8. The first-order valence-corrected chi connectivity index (χ1v) is 10.8. The Morgan fingerprint density at radius 1 is 1.09 bits per heavy atom. The summed E-state index contributed by atoms with van der Waals surface area (Å²) in [5.41, 5.74) is 1.49. The molecule has 4 aromatic rings. The molecule has 32 heavy (non-hydrogen) atoms. The van der Waals surface area contributed by atoms with E-state index < -0.39 is 17.8 Å². The van der Waals surface area contributed by atoms with Gasteiger partial charge >= 0.3 is 5.24 Å². The van der Waals surface area contributed by atoms with Gasteiger partial charge in [0.05, 0.1) is 29.1 Å². The van der Waals surface area contributed by atoms with Crippen molar-refractivity contribution in [3.8, 4) is 11.5 Å². The van der Waals surface area contributed by atoms with Crippen molar-refractivity contribution in [3.05, 3.63) is 58.3 Å². The first-order chi connectivity index (χ1) is 15.3. The van der Waals surface area contributed by atoms with Crippen molar-refractivity contribution >= 4 is 50.0 Å². The van der Waals surface area contributed by atoms with Gasteiger partial charge in [0.1, 0.15) is 17.1 Å². The van der Waals surface area contributed by atoms with E-state index in [2.05, 4.69) is 0 Å². The van der Waals surface area contributed by atoms with E-state index in [0.717, 1.165) is 21.9 Å². The number of pyridine rings is 1. The van der Waals surface area contributed by atoms with Gasteiger partial charge in [-0.05, 0) is 36.8 Å². The van der Waals surface area contributed by atoms with Crippen molar-refractivity contribution < 1.29 is 18.9 Å². The third-order valence-corrected chi connectivity index (χ3v) is 6.77. The van der Waals surface area contributed by atoms with E-state index in [1.165, 1.54) is 0 Å². The predicted molar refractivity (Wildman–Crippen MR) is 127 cm³/mol. The van der Waals surface area contributed by atoms with Gasteiger partial charge < -0.3 is 23.5 Å². The summed E-state index contributed by atoms with van der Waals surface area (Å²) in [7, 11) is 3.51. The fraction of sp³-hybridized carbons (Fsp3) is 0.280. The van der Waals surface area contributed by atoms with Crippen LogP contribution in [0.1, 0.15) is 25.5 Å². The number of hydrogen-bond donors (Lipinski definition) is 0. The second kappa shape index (κ2) is 6.36. The molecule has 0 bridgehead atoms. The van der Waals surface area contributed by atoms with E-state index in [9.17, 15) is 4.79 Å². The number of aryl methyl sites for hydroxylation is 1. The maximum Gasteiger partial charge on any atom is 0.353 e. The van der Waals surface area contributed by atoms with Crippen LogP contribution in [0.15, 0.2) is 47.3 Å². The summed E-state index contributed by atoms with van der Waals surface area (Å²) in [6, 6.07) is 13.8. The number of aromatic nitrogens is 1. The standard InChI is InChI=1S/C25H21NO5S/c1-25(2)23-22(29-24(32)30-23)19-17(31-25)11-16(28-4)18-20(19)26(3)15-10-13-8-6-5-7-12(13)9-14(15)21(18)27/h5-11,22-23H,1-4H3/t22-,23-/m0/s1. The number of rotatable bonds is 1. The van der Waals surface area contributed by atoms with E-state index in [0.29, 0.717) is 27.8 Å². The predicted octanol–water partition coefficient (Wildman–Crippen LogP) is 4.77. The second-order valence-corrected chi connectivity index (χ2v) is 9.18. The minimum Gasteiger partial charge on any atom is -0.496 e. The zero-order chi connectivity index (χ0) is 22.4. The van der Waals surface area contributed by atoms with E-state index in [4.69, 9.17) is 31.2 Å². The number of nitrogens with zero attached hydrogens (tertiary/aromatic N) is 1. The van der Waals surface area contributed by atoms with E-state index in [-0.39, 0.29) is 10.7 Å². The number of benzene rings is 3. The van der Waals surface area contributed by atoms with Crippen molar-refractivity contribution in [1.29, 1.82) is 0 Å². The van der Waals surface area contributed by atoms with Crippen molar-refractivity contribution in [2.45, 2.75) is 31.7 Å². The van der Waals surface area contributed by atoms with Crippen LogP contribution in [0, 0.1) is 0 Å². The van der Waals surface area contributed by atoms with Gasteiger partial charge in [0.2, 0.25) is 5.43 Å². The highest BCUT2D eigenvalue weighted by molar-refractivity contribution is 7.79. The summed E-state index contributed by atoms with van der Waals surface area (Å²) in [5, 5.41) is 3.27. The molecule has 2 aliphatic heterocycles. The van der Waals surface area contributed by atoms with Crippen molar-refractivity contribution in [2.75, 3.05) is 7.11 Å². The number of hydrogen-bond acceptors (Lipinski definition) is 6. The minimum atomic E-state index is -0.678. The van der Waals surface area contributed by atoms with Gasteiger partial charge in [-0.15, -0.1) is 0 Å². The summed E-state index contributed by atoms with van der Waals surface area (Å²) in [6.45, 7) is 3.88. The van der Waals surface area contributed by atoms with Gasteiger partial charge in [0.25, 0.3) is 0 Å². The highest BCUT2D eigenvalue weighted by Gasteiger charge is 2.53. The van der Waals surface area contributed by atoms with Crippen molar-refractivity contribution in [2.24, 2.45) is 7.05 Å². The van der Waals surface area contributed by atoms with E-state index >= 15 is 0 Å². The van der Waals surface area contributed by atoms with Crippen LogP contribution in [0.25, 0.3) is 32.6 Å². The third-order valence-electron chi connectivity index (χ3n) is 6.58. The Morgan fingerprint density at radius 2 is 1.81 bits per heavy atom. The second-order valence-electron chi connectivity index (χ2n) is 8.85. The van der Waals surface area contributed by atoms with Crippen LogP contribution in [0.3, 0.4) is 0 Å². The van der Waals surface area contributed by atoms with Crippen molar-refractivity contribution in [1.82, 2.24) is 4.57 Å².